The summed E-state index contributed by atoms with van der Waals surface area (Å²) in [5.41, 5.74) is 0.631. The number of halogens is 2. The van der Waals surface area contributed by atoms with Crippen LogP contribution in [-0.2, 0) is 9.59 Å². The molecule has 108 valence electrons. The number of hydrogen-bond donors (Lipinski definition) is 1. The van der Waals surface area contributed by atoms with Crippen LogP contribution >= 0.6 is 27.5 Å². The fraction of sp³-hybridized carbons (Fsp3) is 0.429. The summed E-state index contributed by atoms with van der Waals surface area (Å²) in [4.78, 5) is 25.8. The number of nitrogens with zero attached hydrogens (tertiary/aromatic N) is 1. The zero-order chi connectivity index (χ0) is 14.9. The first-order valence-corrected chi connectivity index (χ1v) is 7.61. The molecule has 0 spiro atoms. The standard InChI is InChI=1S/C14H16BrClN2O2/c1-8(2)5-11-14(20)18(7-13(19)17-11)12-6-9(16)3-4-10(12)15/h3-4,6,8,11H,5,7H2,1-2H3,(H,17,19). The van der Waals surface area contributed by atoms with Gasteiger partial charge in [0, 0.05) is 9.50 Å². The van der Waals surface area contributed by atoms with Crippen LogP contribution in [0.15, 0.2) is 22.7 Å². The highest BCUT2D eigenvalue weighted by Crippen LogP contribution is 2.31. The molecule has 1 saturated heterocycles. The van der Waals surface area contributed by atoms with Crippen molar-refractivity contribution >= 4 is 45.0 Å². The van der Waals surface area contributed by atoms with Crippen molar-refractivity contribution in [1.29, 1.82) is 0 Å². The second-order valence-electron chi connectivity index (χ2n) is 5.27. The SMILES string of the molecule is CC(C)CC1NC(=O)CN(c2cc(Cl)ccc2Br)C1=O. The molecule has 20 heavy (non-hydrogen) atoms. The third-order valence-corrected chi connectivity index (χ3v) is 4.01. The molecule has 1 aliphatic rings. The summed E-state index contributed by atoms with van der Waals surface area (Å²) >= 11 is 9.38. The third kappa shape index (κ3) is 3.33. The molecule has 1 fully saturated rings. The summed E-state index contributed by atoms with van der Waals surface area (Å²) in [5.74, 6) is 0.0791. The predicted octanol–water partition coefficient (Wildman–Crippen LogP) is 2.98. The second kappa shape index (κ2) is 6.14. The average molecular weight is 360 g/mol. The van der Waals surface area contributed by atoms with Gasteiger partial charge in [-0.05, 0) is 46.5 Å². The minimum Gasteiger partial charge on any atom is -0.343 e. The molecule has 6 heteroatoms. The van der Waals surface area contributed by atoms with Crippen molar-refractivity contribution < 1.29 is 9.59 Å². The molecule has 1 unspecified atom stereocenters. The molecule has 2 rings (SSSR count). The number of hydrogen-bond acceptors (Lipinski definition) is 2. The molecule has 4 nitrogen and oxygen atoms in total. The van der Waals surface area contributed by atoms with Crippen LogP contribution in [-0.4, -0.2) is 24.4 Å². The van der Waals surface area contributed by atoms with Gasteiger partial charge < -0.3 is 10.2 Å². The summed E-state index contributed by atoms with van der Waals surface area (Å²) in [6, 6.07) is 4.72. The van der Waals surface area contributed by atoms with Crippen molar-refractivity contribution in [2.45, 2.75) is 26.3 Å². The van der Waals surface area contributed by atoms with E-state index in [9.17, 15) is 9.59 Å². The van der Waals surface area contributed by atoms with Gasteiger partial charge in [0.2, 0.25) is 11.8 Å². The summed E-state index contributed by atoms with van der Waals surface area (Å²) in [6.07, 6.45) is 0.624. The minimum atomic E-state index is -0.470. The van der Waals surface area contributed by atoms with E-state index in [4.69, 9.17) is 11.6 Å². The molecule has 1 aromatic carbocycles. The molecule has 1 atom stereocenters. The van der Waals surface area contributed by atoms with Crippen LogP contribution in [0, 0.1) is 5.92 Å². The van der Waals surface area contributed by atoms with Crippen molar-refractivity contribution in [3.8, 4) is 0 Å². The van der Waals surface area contributed by atoms with Crippen molar-refractivity contribution in [3.05, 3.63) is 27.7 Å². The first-order valence-electron chi connectivity index (χ1n) is 6.44. The Morgan fingerprint density at radius 3 is 2.80 bits per heavy atom. The average Bonchev–Trinajstić information content (AvgIpc) is 2.36. The highest BCUT2D eigenvalue weighted by atomic mass is 79.9. The molecular weight excluding hydrogens is 344 g/mol. The third-order valence-electron chi connectivity index (χ3n) is 3.11. The van der Waals surface area contributed by atoms with E-state index in [-0.39, 0.29) is 18.4 Å². The summed E-state index contributed by atoms with van der Waals surface area (Å²) in [5, 5.41) is 3.28. The van der Waals surface area contributed by atoms with E-state index < -0.39 is 6.04 Å². The van der Waals surface area contributed by atoms with Gasteiger partial charge in [-0.2, -0.15) is 0 Å². The number of carbonyl (C=O) groups is 2. The van der Waals surface area contributed by atoms with Crippen LogP contribution in [0.25, 0.3) is 0 Å². The Hall–Kier alpha value is -1.07. The predicted molar refractivity (Wildman–Crippen MR) is 82.9 cm³/mol. The quantitative estimate of drug-likeness (QED) is 0.902. The molecule has 1 N–H and O–H groups in total. The first-order chi connectivity index (χ1) is 9.38. The van der Waals surface area contributed by atoms with Crippen LogP contribution in [0.5, 0.6) is 0 Å². The van der Waals surface area contributed by atoms with Gasteiger partial charge in [0.1, 0.15) is 12.6 Å². The van der Waals surface area contributed by atoms with Crippen LogP contribution in [0.2, 0.25) is 5.02 Å². The fourth-order valence-corrected chi connectivity index (χ4v) is 2.87. The largest absolute Gasteiger partial charge is 0.343 e. The number of carbonyl (C=O) groups excluding carboxylic acids is 2. The van der Waals surface area contributed by atoms with E-state index in [1.54, 1.807) is 18.2 Å². The van der Waals surface area contributed by atoms with E-state index >= 15 is 0 Å². The van der Waals surface area contributed by atoms with Crippen molar-refractivity contribution in [2.24, 2.45) is 5.92 Å². The van der Waals surface area contributed by atoms with E-state index in [1.165, 1.54) is 4.90 Å². The van der Waals surface area contributed by atoms with Gasteiger partial charge in [-0.15, -0.1) is 0 Å². The number of rotatable bonds is 3. The van der Waals surface area contributed by atoms with Gasteiger partial charge in [0.25, 0.3) is 0 Å². The smallest absolute Gasteiger partial charge is 0.250 e. The molecule has 0 saturated carbocycles. The molecule has 0 aromatic heterocycles. The van der Waals surface area contributed by atoms with Crippen LogP contribution in [0.1, 0.15) is 20.3 Å². The highest BCUT2D eigenvalue weighted by molar-refractivity contribution is 9.10. The topological polar surface area (TPSA) is 49.4 Å². The lowest BCUT2D eigenvalue weighted by Crippen LogP contribution is -2.58. The van der Waals surface area contributed by atoms with Gasteiger partial charge in [-0.25, -0.2) is 0 Å². The Bertz CT molecular complexity index is 548. The Morgan fingerprint density at radius 1 is 1.45 bits per heavy atom. The van der Waals surface area contributed by atoms with Crippen molar-refractivity contribution in [2.75, 3.05) is 11.4 Å². The molecule has 1 aliphatic heterocycles. The van der Waals surface area contributed by atoms with Gasteiger partial charge in [-0.3, -0.25) is 9.59 Å². The van der Waals surface area contributed by atoms with Crippen LogP contribution < -0.4 is 10.2 Å². The van der Waals surface area contributed by atoms with Crippen LogP contribution in [0.3, 0.4) is 0 Å². The Labute approximate surface area is 131 Å². The van der Waals surface area contributed by atoms with Crippen molar-refractivity contribution in [3.63, 3.8) is 0 Å². The lowest BCUT2D eigenvalue weighted by Gasteiger charge is -2.33. The lowest BCUT2D eigenvalue weighted by molar-refractivity contribution is -0.131. The van der Waals surface area contributed by atoms with Gasteiger partial charge in [0.05, 0.1) is 5.69 Å². The maximum absolute atomic E-state index is 12.5. The number of piperazine rings is 1. The maximum atomic E-state index is 12.5. The molecule has 0 radical (unpaired) electrons. The van der Waals surface area contributed by atoms with Gasteiger partial charge in [-0.1, -0.05) is 25.4 Å². The maximum Gasteiger partial charge on any atom is 0.250 e. The lowest BCUT2D eigenvalue weighted by atomic mass is 10.0. The zero-order valence-electron chi connectivity index (χ0n) is 11.3. The fourth-order valence-electron chi connectivity index (χ4n) is 2.24. The molecule has 1 heterocycles. The monoisotopic (exact) mass is 358 g/mol. The van der Waals surface area contributed by atoms with Gasteiger partial charge >= 0.3 is 0 Å². The van der Waals surface area contributed by atoms with Crippen molar-refractivity contribution in [1.82, 2.24) is 5.32 Å². The summed E-state index contributed by atoms with van der Waals surface area (Å²) < 4.78 is 0.744. The summed E-state index contributed by atoms with van der Waals surface area (Å²) in [7, 11) is 0. The Morgan fingerprint density at radius 2 is 2.15 bits per heavy atom. The highest BCUT2D eigenvalue weighted by Gasteiger charge is 2.34. The number of benzene rings is 1. The second-order valence-corrected chi connectivity index (χ2v) is 6.56. The van der Waals surface area contributed by atoms with Crippen LogP contribution in [0.4, 0.5) is 5.69 Å². The van der Waals surface area contributed by atoms with E-state index in [2.05, 4.69) is 21.2 Å². The number of nitrogens with one attached hydrogen (secondary N) is 1. The number of amides is 2. The molecule has 1 aromatic rings. The van der Waals surface area contributed by atoms with E-state index in [1.807, 2.05) is 13.8 Å². The Kier molecular flexibility index (Phi) is 4.70. The minimum absolute atomic E-state index is 0.0202. The van der Waals surface area contributed by atoms with Gasteiger partial charge in [0.15, 0.2) is 0 Å². The molecule has 0 bridgehead atoms. The first kappa shape index (κ1) is 15.3. The zero-order valence-corrected chi connectivity index (χ0v) is 13.7. The van der Waals surface area contributed by atoms with E-state index in [0.717, 1.165) is 4.47 Å². The molecular formula is C14H16BrClN2O2. The number of anilines is 1. The summed E-state index contributed by atoms with van der Waals surface area (Å²) in [6.45, 7) is 4.06. The Balaban J connectivity index is 2.32. The van der Waals surface area contributed by atoms with E-state index in [0.29, 0.717) is 23.0 Å². The normalized spacial score (nSPS) is 19.4. The molecule has 2 amide bonds. The molecule has 0 aliphatic carbocycles.